The number of carbonyl (C=O) groups excluding carboxylic acids is 2. The lowest BCUT2D eigenvalue weighted by Gasteiger charge is -2.33. The number of carbonyl (C=O) groups is 2. The monoisotopic (exact) mass is 619 g/mol. The summed E-state index contributed by atoms with van der Waals surface area (Å²) in [5, 5.41) is 3.56. The summed E-state index contributed by atoms with van der Waals surface area (Å²) >= 11 is 12.4. The maximum atomic E-state index is 14.1. The van der Waals surface area contributed by atoms with Crippen LogP contribution in [0.1, 0.15) is 31.4 Å². The first-order chi connectivity index (χ1) is 19.5. The molecular formula is C30H35Cl2N3O5S. The van der Waals surface area contributed by atoms with Crippen LogP contribution in [0.2, 0.25) is 10.0 Å². The van der Waals surface area contributed by atoms with Crippen molar-refractivity contribution in [2.24, 2.45) is 0 Å². The number of halogens is 2. The molecule has 2 amide bonds. The third kappa shape index (κ3) is 9.11. The first kappa shape index (κ1) is 32.2. The van der Waals surface area contributed by atoms with E-state index in [2.05, 4.69) is 5.32 Å². The quantitative estimate of drug-likeness (QED) is 0.263. The van der Waals surface area contributed by atoms with Gasteiger partial charge in [-0.15, -0.1) is 0 Å². The Kier molecular flexibility index (Phi) is 11.9. The lowest BCUT2D eigenvalue weighted by Crippen LogP contribution is -2.53. The van der Waals surface area contributed by atoms with Gasteiger partial charge in [0.15, 0.2) is 0 Å². The summed E-state index contributed by atoms with van der Waals surface area (Å²) in [6.07, 6.45) is 1.96. The second-order valence-electron chi connectivity index (χ2n) is 9.44. The predicted molar refractivity (Wildman–Crippen MR) is 164 cm³/mol. The minimum absolute atomic E-state index is 0.00250. The van der Waals surface area contributed by atoms with Crippen LogP contribution in [0.25, 0.3) is 0 Å². The largest absolute Gasteiger partial charge is 0.492 e. The molecular weight excluding hydrogens is 585 g/mol. The minimum atomic E-state index is -3.92. The molecule has 8 nitrogen and oxygen atoms in total. The molecule has 3 rings (SSSR count). The molecule has 0 aliphatic rings. The Hall–Kier alpha value is -3.27. The Labute approximate surface area is 252 Å². The van der Waals surface area contributed by atoms with Gasteiger partial charge in [0.25, 0.3) is 0 Å². The van der Waals surface area contributed by atoms with Crippen molar-refractivity contribution in [1.82, 2.24) is 10.2 Å². The standard InChI is InChI=1S/C30H35Cl2N3O5S/c1-4-17-33-30(37)27(19-22-11-7-6-8-12-22)34(20-23-15-16-24(31)25(32)18-23)29(36)21-35(41(3,38)39)26-13-9-10-14-28(26)40-5-2/h6-16,18,27H,4-5,17,19-21H2,1-3H3,(H,33,37)/t27-/m1/s1. The molecule has 0 aromatic heterocycles. The lowest BCUT2D eigenvalue weighted by molar-refractivity contribution is -0.140. The number of anilines is 1. The highest BCUT2D eigenvalue weighted by Crippen LogP contribution is 2.30. The van der Waals surface area contributed by atoms with Gasteiger partial charge in [0.2, 0.25) is 21.8 Å². The summed E-state index contributed by atoms with van der Waals surface area (Å²) in [6.45, 7) is 3.91. The van der Waals surface area contributed by atoms with E-state index in [1.807, 2.05) is 37.3 Å². The van der Waals surface area contributed by atoms with Gasteiger partial charge in [-0.25, -0.2) is 8.42 Å². The van der Waals surface area contributed by atoms with Gasteiger partial charge < -0.3 is 15.0 Å². The van der Waals surface area contributed by atoms with Crippen molar-refractivity contribution in [1.29, 1.82) is 0 Å². The van der Waals surface area contributed by atoms with Gasteiger partial charge in [-0.3, -0.25) is 13.9 Å². The van der Waals surface area contributed by atoms with E-state index in [9.17, 15) is 18.0 Å². The normalized spacial score (nSPS) is 11.9. The summed E-state index contributed by atoms with van der Waals surface area (Å²) in [6, 6.07) is 20.0. The number of ether oxygens (including phenoxy) is 1. The Balaban J connectivity index is 2.08. The predicted octanol–water partition coefficient (Wildman–Crippen LogP) is 5.32. The van der Waals surface area contributed by atoms with Crippen molar-refractivity contribution >= 4 is 50.7 Å². The van der Waals surface area contributed by atoms with Crippen LogP contribution in [-0.2, 0) is 32.6 Å². The topological polar surface area (TPSA) is 96.0 Å². The number of hydrogen-bond acceptors (Lipinski definition) is 5. The molecule has 0 aliphatic heterocycles. The molecule has 0 saturated carbocycles. The zero-order valence-corrected chi connectivity index (χ0v) is 25.7. The molecule has 0 unspecified atom stereocenters. The van der Waals surface area contributed by atoms with E-state index < -0.39 is 28.5 Å². The smallest absolute Gasteiger partial charge is 0.244 e. The van der Waals surface area contributed by atoms with E-state index in [1.54, 1.807) is 49.4 Å². The van der Waals surface area contributed by atoms with Gasteiger partial charge >= 0.3 is 0 Å². The van der Waals surface area contributed by atoms with Crippen molar-refractivity contribution in [3.8, 4) is 5.75 Å². The molecule has 41 heavy (non-hydrogen) atoms. The van der Waals surface area contributed by atoms with Crippen molar-refractivity contribution in [2.75, 3.05) is 30.3 Å². The van der Waals surface area contributed by atoms with Crippen LogP contribution < -0.4 is 14.4 Å². The highest BCUT2D eigenvalue weighted by Gasteiger charge is 2.33. The molecule has 0 heterocycles. The fourth-order valence-corrected chi connectivity index (χ4v) is 5.46. The first-order valence-corrected chi connectivity index (χ1v) is 15.9. The van der Waals surface area contributed by atoms with Crippen LogP contribution in [0.3, 0.4) is 0 Å². The van der Waals surface area contributed by atoms with Crippen LogP contribution in [0.4, 0.5) is 5.69 Å². The van der Waals surface area contributed by atoms with Crippen molar-refractivity contribution in [3.05, 3.63) is 94.0 Å². The molecule has 11 heteroatoms. The van der Waals surface area contributed by atoms with Gasteiger partial charge in [0, 0.05) is 19.5 Å². The third-order valence-electron chi connectivity index (χ3n) is 6.27. The molecule has 0 radical (unpaired) electrons. The average molecular weight is 621 g/mol. The van der Waals surface area contributed by atoms with Gasteiger partial charge in [-0.1, -0.05) is 78.7 Å². The Morgan fingerprint density at radius 3 is 2.24 bits per heavy atom. The van der Waals surface area contributed by atoms with E-state index in [0.717, 1.165) is 16.1 Å². The zero-order valence-electron chi connectivity index (χ0n) is 23.3. The van der Waals surface area contributed by atoms with E-state index in [-0.39, 0.29) is 24.6 Å². The number of para-hydroxylation sites is 2. The van der Waals surface area contributed by atoms with Crippen molar-refractivity contribution in [3.63, 3.8) is 0 Å². The third-order valence-corrected chi connectivity index (χ3v) is 8.14. The van der Waals surface area contributed by atoms with Crippen LogP contribution in [0.5, 0.6) is 5.75 Å². The van der Waals surface area contributed by atoms with Crippen LogP contribution >= 0.6 is 23.2 Å². The number of sulfonamides is 1. The fourth-order valence-electron chi connectivity index (χ4n) is 4.29. The molecule has 0 aliphatic carbocycles. The molecule has 0 bridgehead atoms. The Bertz CT molecular complexity index is 1440. The lowest BCUT2D eigenvalue weighted by atomic mass is 10.0. The van der Waals surface area contributed by atoms with E-state index in [4.69, 9.17) is 27.9 Å². The maximum Gasteiger partial charge on any atom is 0.244 e. The van der Waals surface area contributed by atoms with E-state index in [1.165, 1.54) is 4.90 Å². The second kappa shape index (κ2) is 15.1. The number of hydrogen-bond donors (Lipinski definition) is 1. The molecule has 3 aromatic carbocycles. The molecule has 220 valence electrons. The Morgan fingerprint density at radius 2 is 1.61 bits per heavy atom. The van der Waals surface area contributed by atoms with Gasteiger partial charge in [-0.05, 0) is 48.7 Å². The van der Waals surface area contributed by atoms with Crippen molar-refractivity contribution < 1.29 is 22.7 Å². The minimum Gasteiger partial charge on any atom is -0.492 e. The van der Waals surface area contributed by atoms with E-state index >= 15 is 0 Å². The van der Waals surface area contributed by atoms with Crippen molar-refractivity contribution in [2.45, 2.75) is 39.3 Å². The van der Waals surface area contributed by atoms with Crippen LogP contribution in [0, 0.1) is 0 Å². The summed E-state index contributed by atoms with van der Waals surface area (Å²) in [4.78, 5) is 29.1. The van der Waals surface area contributed by atoms with Crippen LogP contribution in [-0.4, -0.2) is 57.1 Å². The summed E-state index contributed by atoms with van der Waals surface area (Å²) in [5.41, 5.74) is 1.71. The zero-order chi connectivity index (χ0) is 30.0. The highest BCUT2D eigenvalue weighted by atomic mass is 35.5. The number of amides is 2. The molecule has 1 atom stereocenters. The number of benzene rings is 3. The Morgan fingerprint density at radius 1 is 0.927 bits per heavy atom. The molecule has 0 spiro atoms. The molecule has 0 fully saturated rings. The summed E-state index contributed by atoms with van der Waals surface area (Å²) < 4.78 is 32.7. The maximum absolute atomic E-state index is 14.1. The van der Waals surface area contributed by atoms with Gasteiger partial charge in [0.05, 0.1) is 28.6 Å². The molecule has 3 aromatic rings. The number of rotatable bonds is 14. The number of nitrogens with one attached hydrogen (secondary N) is 1. The summed E-state index contributed by atoms with van der Waals surface area (Å²) in [5.74, 6) is -0.587. The molecule has 1 N–H and O–H groups in total. The first-order valence-electron chi connectivity index (χ1n) is 13.3. The SMILES string of the molecule is CCCNC(=O)[C@@H](Cc1ccccc1)N(Cc1ccc(Cl)c(Cl)c1)C(=O)CN(c1ccccc1OCC)S(C)(=O)=O. The average Bonchev–Trinajstić information content (AvgIpc) is 2.94. The van der Waals surface area contributed by atoms with Gasteiger partial charge in [0.1, 0.15) is 18.3 Å². The molecule has 0 saturated heterocycles. The highest BCUT2D eigenvalue weighted by molar-refractivity contribution is 7.92. The van der Waals surface area contributed by atoms with Crippen LogP contribution in [0.15, 0.2) is 72.8 Å². The van der Waals surface area contributed by atoms with Gasteiger partial charge in [-0.2, -0.15) is 0 Å². The van der Waals surface area contributed by atoms with E-state index in [0.29, 0.717) is 40.9 Å². The second-order valence-corrected chi connectivity index (χ2v) is 12.2. The summed E-state index contributed by atoms with van der Waals surface area (Å²) in [7, 11) is -3.92. The fraction of sp³-hybridized carbons (Fsp3) is 0.333. The number of nitrogens with zero attached hydrogens (tertiary/aromatic N) is 2.